The summed E-state index contributed by atoms with van der Waals surface area (Å²) in [5.41, 5.74) is 18.8. The first-order valence-electron chi connectivity index (χ1n) is 26.2. The predicted octanol–water partition coefficient (Wildman–Crippen LogP) is 20.5. The molecule has 11 aromatic rings. The van der Waals surface area contributed by atoms with E-state index in [2.05, 4.69) is 226 Å². The lowest BCUT2D eigenvalue weighted by Gasteiger charge is -2.30. The summed E-state index contributed by atoms with van der Waals surface area (Å²) in [6.07, 6.45) is 0. The maximum atomic E-state index is 9.73. The first kappa shape index (κ1) is 42.8. The summed E-state index contributed by atoms with van der Waals surface area (Å²) in [4.78, 5) is 4.82. The third-order valence-corrected chi connectivity index (χ3v) is 14.8. The van der Waals surface area contributed by atoms with Crippen molar-refractivity contribution in [3.8, 4) is 0 Å². The Morgan fingerprint density at radius 2 is 0.643 bits per heavy atom. The molecule has 0 radical (unpaired) electrons. The minimum absolute atomic E-state index is 0.228. The fourth-order valence-electron chi connectivity index (χ4n) is 10.3. The molecule has 0 fully saturated rings. The summed E-state index contributed by atoms with van der Waals surface area (Å²) < 4.78 is 32.9. The van der Waals surface area contributed by atoms with Crippen LogP contribution in [0.5, 0.6) is 0 Å². The number of fused-ring (bicyclic) bond motifs is 8. The topological polar surface area (TPSA) is 32.8 Å². The van der Waals surface area contributed by atoms with E-state index in [0.29, 0.717) is 56.8 Å². The van der Waals surface area contributed by atoms with Crippen molar-refractivity contribution < 1.29 is 11.6 Å². The van der Waals surface area contributed by atoms with Crippen LogP contribution < -0.4 is 9.80 Å². The standard InChI is InChI=1S/C66H64N2O2/c1-37(2)45-17-13-41(9)59(29-45)67(60-30-46(38(3)4)18-14-42(60)10)53-23-21-49-27-55-57-35-66-58(36-65(57)69-63(55)33-51(49)25-53)56-28-50-22-24-54(26-52(50)34-64(56)70-66)68(61-31-47(39(5)6)19-15-43(61)11)62-32-48(40(7)8)20-16-44(62)12/h13-40H,1-12H3/i35D,36D. The van der Waals surface area contributed by atoms with Crippen LogP contribution in [0.2, 0.25) is 0 Å². The van der Waals surface area contributed by atoms with E-state index in [1.807, 2.05) is 0 Å². The van der Waals surface area contributed by atoms with Crippen molar-refractivity contribution >= 4 is 99.5 Å². The maximum Gasteiger partial charge on any atom is 0.136 e. The maximum absolute atomic E-state index is 9.73. The summed E-state index contributed by atoms with van der Waals surface area (Å²) in [6, 6.07) is 49.4. The molecule has 0 saturated heterocycles. The van der Waals surface area contributed by atoms with Gasteiger partial charge in [-0.05, 0) is 202 Å². The number of aryl methyl sites for hydroxylation is 4. The number of anilines is 6. The molecule has 0 bridgehead atoms. The van der Waals surface area contributed by atoms with Gasteiger partial charge >= 0.3 is 0 Å². The molecule has 0 atom stereocenters. The Bertz CT molecular complexity index is 3610. The van der Waals surface area contributed by atoms with Crippen molar-refractivity contribution in [3.63, 3.8) is 0 Å². The van der Waals surface area contributed by atoms with E-state index in [0.717, 1.165) is 66.4 Å². The molecular formula is C66H64N2O2. The van der Waals surface area contributed by atoms with Gasteiger partial charge < -0.3 is 18.6 Å². The van der Waals surface area contributed by atoms with Gasteiger partial charge in [-0.25, -0.2) is 0 Å². The normalized spacial score (nSPS) is 12.6. The molecule has 11 rings (SSSR count). The second-order valence-electron chi connectivity index (χ2n) is 21.1. The Morgan fingerprint density at radius 3 is 0.943 bits per heavy atom. The summed E-state index contributed by atoms with van der Waals surface area (Å²) in [6.45, 7) is 26.7. The van der Waals surface area contributed by atoms with Crippen molar-refractivity contribution in [2.24, 2.45) is 0 Å². The molecule has 0 spiro atoms. The van der Waals surface area contributed by atoms with Crippen LogP contribution in [-0.2, 0) is 0 Å². The predicted molar refractivity (Wildman–Crippen MR) is 301 cm³/mol. The zero-order valence-electron chi connectivity index (χ0n) is 44.7. The lowest BCUT2D eigenvalue weighted by molar-refractivity contribution is 0.664. The lowest BCUT2D eigenvalue weighted by atomic mass is 9.97. The number of hydrogen-bond donors (Lipinski definition) is 0. The van der Waals surface area contributed by atoms with Gasteiger partial charge in [-0.1, -0.05) is 116 Å². The van der Waals surface area contributed by atoms with E-state index >= 15 is 0 Å². The van der Waals surface area contributed by atoms with Gasteiger partial charge in [0, 0.05) is 55.7 Å². The van der Waals surface area contributed by atoms with Gasteiger partial charge in [0.2, 0.25) is 0 Å². The lowest BCUT2D eigenvalue weighted by Crippen LogP contribution is -2.14. The van der Waals surface area contributed by atoms with E-state index < -0.39 is 0 Å². The molecule has 9 aromatic carbocycles. The van der Waals surface area contributed by atoms with Crippen LogP contribution in [0, 0.1) is 27.7 Å². The molecule has 0 aliphatic heterocycles. The minimum Gasteiger partial charge on any atom is -0.456 e. The van der Waals surface area contributed by atoms with Crippen LogP contribution in [0.3, 0.4) is 0 Å². The van der Waals surface area contributed by atoms with Crippen molar-refractivity contribution in [2.75, 3.05) is 9.80 Å². The molecule has 0 amide bonds. The minimum atomic E-state index is 0.228. The van der Waals surface area contributed by atoms with Crippen LogP contribution in [0.4, 0.5) is 34.1 Å². The third-order valence-electron chi connectivity index (χ3n) is 14.8. The van der Waals surface area contributed by atoms with E-state index in [1.165, 1.54) is 44.5 Å². The van der Waals surface area contributed by atoms with Gasteiger partial charge in [-0.3, -0.25) is 0 Å². The number of furan rings is 2. The van der Waals surface area contributed by atoms with Gasteiger partial charge in [-0.2, -0.15) is 0 Å². The average Bonchev–Trinajstić information content (AvgIpc) is 3.92. The van der Waals surface area contributed by atoms with Crippen LogP contribution >= 0.6 is 0 Å². The largest absolute Gasteiger partial charge is 0.456 e. The zero-order valence-corrected chi connectivity index (χ0v) is 42.7. The van der Waals surface area contributed by atoms with Gasteiger partial charge in [0.25, 0.3) is 0 Å². The van der Waals surface area contributed by atoms with Gasteiger partial charge in [-0.15, -0.1) is 0 Å². The van der Waals surface area contributed by atoms with Crippen LogP contribution in [-0.4, -0.2) is 0 Å². The fraction of sp³-hybridized carbons (Fsp3) is 0.242. The molecular weight excluding hydrogens is 853 g/mol. The molecule has 2 aromatic heterocycles. The summed E-state index contributed by atoms with van der Waals surface area (Å²) >= 11 is 0. The van der Waals surface area contributed by atoms with Gasteiger partial charge in [0.1, 0.15) is 22.3 Å². The van der Waals surface area contributed by atoms with E-state index in [1.54, 1.807) is 0 Å². The molecule has 350 valence electrons. The molecule has 4 heteroatoms. The van der Waals surface area contributed by atoms with Crippen LogP contribution in [0.1, 0.15) is 126 Å². The second kappa shape index (κ2) is 17.3. The number of nitrogens with zero attached hydrogens (tertiary/aromatic N) is 2. The molecule has 0 N–H and O–H groups in total. The zero-order chi connectivity index (χ0) is 50.6. The highest BCUT2D eigenvalue weighted by molar-refractivity contribution is 6.18. The summed E-state index contributed by atoms with van der Waals surface area (Å²) in [5, 5.41) is 6.87. The van der Waals surface area contributed by atoms with Crippen LogP contribution in [0.25, 0.3) is 65.4 Å². The Hall–Kier alpha value is -7.30. The molecule has 2 heterocycles. The van der Waals surface area contributed by atoms with Gasteiger partial charge in [0.05, 0.1) is 2.74 Å². The van der Waals surface area contributed by atoms with E-state index in [9.17, 15) is 2.74 Å². The SMILES string of the molecule is [2H]c1c2oc3cc4cc(N(c5cc(C(C)C)ccc5C)c5cc(C(C)C)ccc5C)ccc4cc3c2c([2H])c2oc3cc4cc(N(c5cc(C(C)C)ccc5C)c5cc(C(C)C)ccc5C)ccc4cc3c12. The highest BCUT2D eigenvalue weighted by atomic mass is 16.3. The van der Waals surface area contributed by atoms with E-state index in [-0.39, 0.29) is 12.1 Å². The van der Waals surface area contributed by atoms with Crippen LogP contribution in [0.15, 0.2) is 154 Å². The molecule has 70 heavy (non-hydrogen) atoms. The Morgan fingerprint density at radius 1 is 0.329 bits per heavy atom. The van der Waals surface area contributed by atoms with Gasteiger partial charge in [0.15, 0.2) is 0 Å². The second-order valence-corrected chi connectivity index (χ2v) is 21.1. The quantitative estimate of drug-likeness (QED) is 0.137. The Kier molecular flexibility index (Phi) is 10.6. The summed E-state index contributed by atoms with van der Waals surface area (Å²) in [7, 11) is 0. The fourth-order valence-corrected chi connectivity index (χ4v) is 10.3. The molecule has 0 saturated carbocycles. The van der Waals surface area contributed by atoms with Crippen molar-refractivity contribution in [1.29, 1.82) is 0 Å². The van der Waals surface area contributed by atoms with Crippen molar-refractivity contribution in [2.45, 2.75) is 107 Å². The average molecular weight is 919 g/mol. The highest BCUT2D eigenvalue weighted by Gasteiger charge is 2.23. The monoisotopic (exact) mass is 919 g/mol. The first-order chi connectivity index (χ1) is 34.4. The number of hydrogen-bond acceptors (Lipinski definition) is 4. The third kappa shape index (κ3) is 7.79. The van der Waals surface area contributed by atoms with Crippen molar-refractivity contribution in [3.05, 3.63) is 190 Å². The Balaban J connectivity index is 1.05. The molecule has 0 aliphatic rings. The Labute approximate surface area is 416 Å². The molecule has 0 aliphatic carbocycles. The number of rotatable bonds is 10. The highest BCUT2D eigenvalue weighted by Crippen LogP contribution is 2.46. The smallest absolute Gasteiger partial charge is 0.136 e. The van der Waals surface area contributed by atoms with E-state index in [4.69, 9.17) is 8.83 Å². The number of benzene rings is 9. The summed E-state index contributed by atoms with van der Waals surface area (Å²) in [5.74, 6) is 1.52. The molecule has 0 unspecified atom stereocenters. The molecule has 4 nitrogen and oxygen atoms in total. The van der Waals surface area contributed by atoms with Crippen molar-refractivity contribution in [1.82, 2.24) is 0 Å². The first-order valence-corrected chi connectivity index (χ1v) is 25.2.